The summed E-state index contributed by atoms with van der Waals surface area (Å²) in [6, 6.07) is 3.50. The number of H-pyrrole nitrogens is 1. The fourth-order valence-electron chi connectivity index (χ4n) is 3.94. The highest BCUT2D eigenvalue weighted by Gasteiger charge is 2.27. The summed E-state index contributed by atoms with van der Waals surface area (Å²) in [5.74, 6) is 0.104. The van der Waals surface area contributed by atoms with E-state index in [9.17, 15) is 9.59 Å². The van der Waals surface area contributed by atoms with Crippen LogP contribution in [-0.2, 0) is 9.47 Å². The Morgan fingerprint density at radius 1 is 1.38 bits per heavy atom. The van der Waals surface area contributed by atoms with E-state index in [1.807, 2.05) is 0 Å². The zero-order chi connectivity index (χ0) is 24.1. The minimum atomic E-state index is -0.412. The first kappa shape index (κ1) is 23.6. The minimum Gasteiger partial charge on any atom is -0.385 e. The van der Waals surface area contributed by atoms with Crippen LogP contribution in [0.1, 0.15) is 48.0 Å². The van der Waals surface area contributed by atoms with E-state index in [1.165, 1.54) is 6.20 Å². The predicted octanol–water partition coefficient (Wildman–Crippen LogP) is 1.56. The van der Waals surface area contributed by atoms with E-state index >= 15 is 0 Å². The number of aromatic nitrogens is 3. The molecule has 2 aromatic rings. The van der Waals surface area contributed by atoms with Crippen molar-refractivity contribution in [1.29, 1.82) is 0 Å². The zero-order valence-corrected chi connectivity index (χ0v) is 19.3. The molecule has 34 heavy (non-hydrogen) atoms. The quantitative estimate of drug-likeness (QED) is 0.413. The molecule has 0 aromatic carbocycles. The molecule has 1 aliphatic carbocycles. The Balaban J connectivity index is 1.53. The van der Waals surface area contributed by atoms with Gasteiger partial charge in [-0.05, 0) is 37.8 Å². The average molecular weight is 468 g/mol. The lowest BCUT2D eigenvalue weighted by molar-refractivity contribution is 0.0687. The number of nitrogens with two attached hydrogens (primary N) is 1. The minimum absolute atomic E-state index is 0.0859. The van der Waals surface area contributed by atoms with Gasteiger partial charge in [-0.25, -0.2) is 15.0 Å². The third-order valence-electron chi connectivity index (χ3n) is 5.98. The molecule has 1 saturated carbocycles. The van der Waals surface area contributed by atoms with Crippen LogP contribution in [0.5, 0.6) is 0 Å². The van der Waals surface area contributed by atoms with Gasteiger partial charge >= 0.3 is 0 Å². The summed E-state index contributed by atoms with van der Waals surface area (Å²) in [6.45, 7) is 1.27. The van der Waals surface area contributed by atoms with Gasteiger partial charge in [-0.2, -0.15) is 0 Å². The predicted molar refractivity (Wildman–Crippen MR) is 128 cm³/mol. The summed E-state index contributed by atoms with van der Waals surface area (Å²) in [4.78, 5) is 41.0. The number of amidine groups is 1. The molecule has 0 radical (unpaired) electrons. The van der Waals surface area contributed by atoms with Crippen LogP contribution < -0.4 is 16.6 Å². The second-order valence-electron chi connectivity index (χ2n) is 8.11. The number of imidazole rings is 1. The Kier molecular flexibility index (Phi) is 7.33. The van der Waals surface area contributed by atoms with Gasteiger partial charge in [0.1, 0.15) is 17.2 Å². The van der Waals surface area contributed by atoms with E-state index in [-0.39, 0.29) is 34.9 Å². The lowest BCUT2D eigenvalue weighted by atomic mass is 9.93. The van der Waals surface area contributed by atoms with E-state index in [0.29, 0.717) is 24.7 Å². The van der Waals surface area contributed by atoms with E-state index < -0.39 is 5.91 Å². The van der Waals surface area contributed by atoms with Gasteiger partial charge < -0.3 is 30.1 Å². The van der Waals surface area contributed by atoms with E-state index in [4.69, 9.17) is 15.2 Å². The summed E-state index contributed by atoms with van der Waals surface area (Å²) < 4.78 is 12.3. The molecule has 1 aliphatic heterocycles. The monoisotopic (exact) mass is 467 g/mol. The van der Waals surface area contributed by atoms with Gasteiger partial charge in [-0.1, -0.05) is 0 Å². The van der Waals surface area contributed by atoms with Gasteiger partial charge in [0.05, 0.1) is 23.7 Å². The van der Waals surface area contributed by atoms with Crippen LogP contribution in [0.3, 0.4) is 0 Å². The summed E-state index contributed by atoms with van der Waals surface area (Å²) >= 11 is 0. The lowest BCUT2D eigenvalue weighted by Crippen LogP contribution is -2.34. The standard InChI is InChI=1S/C23H29N7O4/c1-25-17(21-26-13-18(28-21)22(31)29-15-5-6-19(15)33-2)12-20(24)27-16-4-3-9-30(23(16)32)14-7-10-34-11-8-14/h3-4,9,12-14,19,25H,5-8,10-11H2,1-2H3,(H2,24,27)(H,26,28)/b17-12+,29-15?/t19-/m1/s1. The molecule has 2 fully saturated rings. The van der Waals surface area contributed by atoms with Crippen molar-refractivity contribution in [1.82, 2.24) is 19.9 Å². The Labute approximate surface area is 196 Å². The number of aromatic amines is 1. The molecule has 1 amide bonds. The number of carbonyl (C=O) groups is 1. The highest BCUT2D eigenvalue weighted by Crippen LogP contribution is 2.21. The number of hydrogen-bond acceptors (Lipinski definition) is 7. The maximum atomic E-state index is 12.9. The van der Waals surface area contributed by atoms with Crippen molar-refractivity contribution in [3.63, 3.8) is 0 Å². The molecule has 11 heteroatoms. The lowest BCUT2D eigenvalue weighted by Gasteiger charge is -2.26. The van der Waals surface area contributed by atoms with Crippen LogP contribution >= 0.6 is 0 Å². The first-order valence-corrected chi connectivity index (χ1v) is 11.2. The average Bonchev–Trinajstić information content (AvgIpc) is 3.33. The van der Waals surface area contributed by atoms with E-state index in [1.54, 1.807) is 43.1 Å². The molecule has 180 valence electrons. The molecule has 1 saturated heterocycles. The number of pyridine rings is 1. The highest BCUT2D eigenvalue weighted by molar-refractivity contribution is 6.06. The van der Waals surface area contributed by atoms with Gasteiger partial charge in [0, 0.05) is 45.7 Å². The normalized spacial score (nSPS) is 20.9. The largest absolute Gasteiger partial charge is 0.385 e. The van der Waals surface area contributed by atoms with Crippen molar-refractivity contribution in [3.8, 4) is 0 Å². The second-order valence-corrected chi connectivity index (χ2v) is 8.11. The molecule has 0 spiro atoms. The van der Waals surface area contributed by atoms with Crippen LogP contribution in [0.25, 0.3) is 5.70 Å². The number of ether oxygens (including phenoxy) is 2. The number of nitrogens with one attached hydrogen (secondary N) is 2. The smallest absolute Gasteiger partial charge is 0.295 e. The fourth-order valence-corrected chi connectivity index (χ4v) is 3.94. The molecule has 4 N–H and O–H groups in total. The molecule has 4 rings (SSSR count). The SMILES string of the molecule is CN/C(=C/C(N)=Nc1cccn(C2CCOCC2)c1=O)c1ncc(C(=O)N=C2CC[C@H]2OC)[nH]1. The number of aliphatic imine (C=N–C) groups is 2. The van der Waals surface area contributed by atoms with Crippen molar-refractivity contribution in [2.75, 3.05) is 27.4 Å². The topological polar surface area (TPSA) is 149 Å². The maximum absolute atomic E-state index is 12.9. The molecule has 1 atom stereocenters. The number of methoxy groups -OCH3 is 1. The molecule has 3 heterocycles. The number of carbonyl (C=O) groups excluding carboxylic acids is 1. The van der Waals surface area contributed by atoms with Gasteiger partial charge in [-0.3, -0.25) is 9.59 Å². The summed E-state index contributed by atoms with van der Waals surface area (Å²) in [7, 11) is 3.30. The number of rotatable bonds is 7. The van der Waals surface area contributed by atoms with E-state index in [2.05, 4.69) is 25.3 Å². The van der Waals surface area contributed by atoms with Crippen LogP contribution in [0.2, 0.25) is 0 Å². The molecule has 2 aromatic heterocycles. The van der Waals surface area contributed by atoms with E-state index in [0.717, 1.165) is 31.4 Å². The number of hydrogen-bond donors (Lipinski definition) is 3. The Bertz CT molecular complexity index is 1190. The second kappa shape index (κ2) is 10.6. The van der Waals surface area contributed by atoms with Crippen molar-refractivity contribution in [3.05, 3.63) is 52.5 Å². The Morgan fingerprint density at radius 3 is 2.85 bits per heavy atom. The van der Waals surface area contributed by atoms with Gasteiger partial charge in [-0.15, -0.1) is 0 Å². The maximum Gasteiger partial charge on any atom is 0.295 e. The highest BCUT2D eigenvalue weighted by atomic mass is 16.5. The summed E-state index contributed by atoms with van der Waals surface area (Å²) in [5, 5.41) is 2.99. The van der Waals surface area contributed by atoms with Crippen molar-refractivity contribution in [2.45, 2.75) is 37.8 Å². The number of amides is 1. The first-order chi connectivity index (χ1) is 16.5. The Morgan fingerprint density at radius 2 is 2.18 bits per heavy atom. The van der Waals surface area contributed by atoms with Gasteiger partial charge in [0.15, 0.2) is 5.82 Å². The van der Waals surface area contributed by atoms with Crippen molar-refractivity contribution >= 4 is 28.8 Å². The molecule has 11 nitrogen and oxygen atoms in total. The molecule has 0 unspecified atom stereocenters. The molecular weight excluding hydrogens is 438 g/mol. The first-order valence-electron chi connectivity index (χ1n) is 11.2. The third-order valence-corrected chi connectivity index (χ3v) is 5.98. The Hall–Kier alpha value is -3.57. The van der Waals surface area contributed by atoms with Crippen molar-refractivity contribution < 1.29 is 14.3 Å². The summed E-state index contributed by atoms with van der Waals surface area (Å²) in [5.41, 5.74) is 7.67. The van der Waals surface area contributed by atoms with Crippen LogP contribution in [0.15, 0.2) is 45.4 Å². The third kappa shape index (κ3) is 5.15. The van der Waals surface area contributed by atoms with Crippen LogP contribution in [0, 0.1) is 0 Å². The fraction of sp³-hybridized carbons (Fsp3) is 0.435. The molecule has 0 bridgehead atoms. The van der Waals surface area contributed by atoms with Gasteiger partial charge in [0.25, 0.3) is 11.5 Å². The summed E-state index contributed by atoms with van der Waals surface area (Å²) in [6.07, 6.45) is 7.82. The van der Waals surface area contributed by atoms with Crippen LogP contribution in [-0.4, -0.2) is 65.5 Å². The van der Waals surface area contributed by atoms with Crippen molar-refractivity contribution in [2.24, 2.45) is 15.7 Å². The molecular formula is C23H29N7O4. The van der Waals surface area contributed by atoms with Gasteiger partial charge in [0.2, 0.25) is 0 Å². The number of nitrogens with zero attached hydrogens (tertiary/aromatic N) is 4. The zero-order valence-electron chi connectivity index (χ0n) is 19.3. The molecule has 2 aliphatic rings. The van der Waals surface area contributed by atoms with Crippen LogP contribution in [0.4, 0.5) is 5.69 Å².